The van der Waals surface area contributed by atoms with E-state index in [0.29, 0.717) is 10.9 Å². The SMILES string of the molecule is CC(Cc1ccc(F)c(Br)c1)C(=O)N1CCNCC1.Cl. The van der Waals surface area contributed by atoms with Crippen LogP contribution in [0.4, 0.5) is 4.39 Å². The molecule has 0 aliphatic carbocycles. The lowest BCUT2D eigenvalue weighted by Crippen LogP contribution is -2.48. The summed E-state index contributed by atoms with van der Waals surface area (Å²) in [5.41, 5.74) is 0.976. The summed E-state index contributed by atoms with van der Waals surface area (Å²) < 4.78 is 13.6. The number of amides is 1. The van der Waals surface area contributed by atoms with Gasteiger partial charge in [0.2, 0.25) is 5.91 Å². The number of nitrogens with zero attached hydrogens (tertiary/aromatic N) is 1. The summed E-state index contributed by atoms with van der Waals surface area (Å²) in [7, 11) is 0. The molecule has 112 valence electrons. The maximum Gasteiger partial charge on any atom is 0.225 e. The second-order valence-electron chi connectivity index (χ2n) is 4.93. The zero-order chi connectivity index (χ0) is 13.8. The Morgan fingerprint density at radius 2 is 2.10 bits per heavy atom. The van der Waals surface area contributed by atoms with Gasteiger partial charge in [0.1, 0.15) is 5.82 Å². The standard InChI is InChI=1S/C14H18BrFN2O.ClH/c1-10(14(19)18-6-4-17-5-7-18)8-11-2-3-13(16)12(15)9-11;/h2-3,9-10,17H,4-8H2,1H3;1H. The maximum absolute atomic E-state index is 13.2. The number of rotatable bonds is 3. The van der Waals surface area contributed by atoms with Crippen molar-refractivity contribution in [1.29, 1.82) is 0 Å². The summed E-state index contributed by atoms with van der Waals surface area (Å²) in [5.74, 6) is -0.165. The lowest BCUT2D eigenvalue weighted by atomic mass is 9.99. The summed E-state index contributed by atoms with van der Waals surface area (Å²) in [6, 6.07) is 4.92. The number of benzene rings is 1. The van der Waals surface area contributed by atoms with Gasteiger partial charge in [0.05, 0.1) is 4.47 Å². The first-order valence-electron chi connectivity index (χ1n) is 6.51. The van der Waals surface area contributed by atoms with Crippen molar-refractivity contribution in [1.82, 2.24) is 10.2 Å². The van der Waals surface area contributed by atoms with E-state index in [1.54, 1.807) is 12.1 Å². The first kappa shape index (κ1) is 17.4. The van der Waals surface area contributed by atoms with Crippen molar-refractivity contribution < 1.29 is 9.18 Å². The van der Waals surface area contributed by atoms with Gasteiger partial charge >= 0.3 is 0 Å². The molecule has 3 nitrogen and oxygen atoms in total. The van der Waals surface area contributed by atoms with E-state index in [1.165, 1.54) is 6.07 Å². The molecule has 6 heteroatoms. The Kier molecular flexibility index (Phi) is 6.92. The molecule has 1 N–H and O–H groups in total. The van der Waals surface area contributed by atoms with E-state index in [-0.39, 0.29) is 30.0 Å². The van der Waals surface area contributed by atoms with Crippen molar-refractivity contribution in [3.8, 4) is 0 Å². The van der Waals surface area contributed by atoms with Gasteiger partial charge in [-0.15, -0.1) is 12.4 Å². The van der Waals surface area contributed by atoms with Crippen LogP contribution in [0.25, 0.3) is 0 Å². The Morgan fingerprint density at radius 3 is 2.70 bits per heavy atom. The molecule has 0 bridgehead atoms. The molecule has 1 aliphatic heterocycles. The average Bonchev–Trinajstić information content (AvgIpc) is 2.43. The quantitative estimate of drug-likeness (QED) is 0.893. The van der Waals surface area contributed by atoms with Crippen LogP contribution in [0.15, 0.2) is 22.7 Å². The van der Waals surface area contributed by atoms with Crippen LogP contribution in [0, 0.1) is 11.7 Å². The van der Waals surface area contributed by atoms with E-state index in [4.69, 9.17) is 0 Å². The monoisotopic (exact) mass is 364 g/mol. The molecule has 2 rings (SSSR count). The second kappa shape index (κ2) is 7.96. The van der Waals surface area contributed by atoms with Crippen molar-refractivity contribution in [2.75, 3.05) is 26.2 Å². The second-order valence-corrected chi connectivity index (χ2v) is 5.78. The molecule has 1 saturated heterocycles. The third-order valence-corrected chi connectivity index (χ3v) is 3.98. The number of nitrogens with one attached hydrogen (secondary N) is 1. The summed E-state index contributed by atoms with van der Waals surface area (Å²) in [6.45, 7) is 5.20. The van der Waals surface area contributed by atoms with Gasteiger partial charge in [-0.2, -0.15) is 0 Å². The number of hydrogen-bond donors (Lipinski definition) is 1. The van der Waals surface area contributed by atoms with Gasteiger partial charge < -0.3 is 10.2 Å². The van der Waals surface area contributed by atoms with Gasteiger partial charge in [0, 0.05) is 32.1 Å². The summed E-state index contributed by atoms with van der Waals surface area (Å²) >= 11 is 3.17. The number of carbonyl (C=O) groups excluding carboxylic acids is 1. The maximum atomic E-state index is 13.2. The predicted octanol–water partition coefficient (Wildman–Crippen LogP) is 2.62. The Labute approximate surface area is 133 Å². The van der Waals surface area contributed by atoms with Crippen molar-refractivity contribution in [2.45, 2.75) is 13.3 Å². The highest BCUT2D eigenvalue weighted by Gasteiger charge is 2.22. The smallest absolute Gasteiger partial charge is 0.225 e. The molecule has 0 spiro atoms. The van der Waals surface area contributed by atoms with E-state index >= 15 is 0 Å². The molecule has 0 radical (unpaired) electrons. The first-order chi connectivity index (χ1) is 9.08. The van der Waals surface area contributed by atoms with Crippen LogP contribution in [0.3, 0.4) is 0 Å². The van der Waals surface area contributed by atoms with Crippen LogP contribution in [0.2, 0.25) is 0 Å². The molecule has 1 heterocycles. The molecule has 1 aromatic carbocycles. The molecule has 1 atom stereocenters. The number of hydrogen-bond acceptors (Lipinski definition) is 2. The molecule has 1 aliphatic rings. The Hall–Kier alpha value is -0.650. The highest BCUT2D eigenvalue weighted by molar-refractivity contribution is 9.10. The first-order valence-corrected chi connectivity index (χ1v) is 7.30. The lowest BCUT2D eigenvalue weighted by Gasteiger charge is -2.29. The van der Waals surface area contributed by atoms with Gasteiger partial charge in [-0.3, -0.25) is 4.79 Å². The normalized spacial score (nSPS) is 16.4. The molecule has 1 aromatic rings. The fourth-order valence-corrected chi connectivity index (χ4v) is 2.73. The van der Waals surface area contributed by atoms with Gasteiger partial charge in [0.15, 0.2) is 0 Å². The van der Waals surface area contributed by atoms with Gasteiger partial charge in [0.25, 0.3) is 0 Å². The zero-order valence-electron chi connectivity index (χ0n) is 11.4. The fraction of sp³-hybridized carbons (Fsp3) is 0.500. The molecule has 0 aromatic heterocycles. The van der Waals surface area contributed by atoms with E-state index in [0.717, 1.165) is 31.7 Å². The van der Waals surface area contributed by atoms with Crippen LogP contribution in [0.5, 0.6) is 0 Å². The van der Waals surface area contributed by atoms with Crippen LogP contribution in [-0.4, -0.2) is 37.0 Å². The minimum atomic E-state index is -0.273. The largest absolute Gasteiger partial charge is 0.340 e. The predicted molar refractivity (Wildman–Crippen MR) is 83.7 cm³/mol. The Balaban J connectivity index is 0.00000200. The summed E-state index contributed by atoms with van der Waals surface area (Å²) in [6.07, 6.45) is 0.641. The van der Waals surface area contributed by atoms with E-state index in [1.807, 2.05) is 11.8 Å². The average molecular weight is 366 g/mol. The van der Waals surface area contributed by atoms with Crippen LogP contribution >= 0.6 is 28.3 Å². The Morgan fingerprint density at radius 1 is 1.45 bits per heavy atom. The van der Waals surface area contributed by atoms with Crippen molar-refractivity contribution in [3.63, 3.8) is 0 Å². The topological polar surface area (TPSA) is 32.3 Å². The molecule has 1 fully saturated rings. The van der Waals surface area contributed by atoms with E-state index in [2.05, 4.69) is 21.2 Å². The zero-order valence-corrected chi connectivity index (χ0v) is 13.8. The van der Waals surface area contributed by atoms with Crippen LogP contribution in [0.1, 0.15) is 12.5 Å². The molecule has 0 saturated carbocycles. The lowest BCUT2D eigenvalue weighted by molar-refractivity contribution is -0.135. The molecular weight excluding hydrogens is 347 g/mol. The molecule has 20 heavy (non-hydrogen) atoms. The molecule has 1 amide bonds. The van der Waals surface area contributed by atoms with Gasteiger partial charge in [-0.1, -0.05) is 13.0 Å². The van der Waals surface area contributed by atoms with Crippen LogP contribution in [-0.2, 0) is 11.2 Å². The number of carbonyl (C=O) groups is 1. The highest BCUT2D eigenvalue weighted by atomic mass is 79.9. The fourth-order valence-electron chi connectivity index (χ4n) is 2.30. The van der Waals surface area contributed by atoms with Crippen molar-refractivity contribution in [2.24, 2.45) is 5.92 Å². The van der Waals surface area contributed by atoms with Crippen molar-refractivity contribution in [3.05, 3.63) is 34.1 Å². The number of halogens is 3. The van der Waals surface area contributed by atoms with Crippen LogP contribution < -0.4 is 5.32 Å². The van der Waals surface area contributed by atoms with Gasteiger partial charge in [-0.05, 0) is 40.0 Å². The van der Waals surface area contributed by atoms with E-state index in [9.17, 15) is 9.18 Å². The molecular formula is C14H19BrClFN2O. The number of piperazine rings is 1. The third kappa shape index (κ3) is 4.43. The molecule has 1 unspecified atom stereocenters. The summed E-state index contributed by atoms with van der Waals surface area (Å²) in [4.78, 5) is 14.2. The minimum absolute atomic E-state index is 0. The minimum Gasteiger partial charge on any atom is -0.340 e. The van der Waals surface area contributed by atoms with E-state index < -0.39 is 0 Å². The Bertz CT molecular complexity index is 466. The third-order valence-electron chi connectivity index (χ3n) is 3.38. The highest BCUT2D eigenvalue weighted by Crippen LogP contribution is 2.19. The summed E-state index contributed by atoms with van der Waals surface area (Å²) in [5, 5.41) is 3.23. The van der Waals surface area contributed by atoms with Gasteiger partial charge in [-0.25, -0.2) is 4.39 Å². The van der Waals surface area contributed by atoms with Crippen molar-refractivity contribution >= 4 is 34.2 Å².